The molecule has 1 fully saturated rings. The predicted molar refractivity (Wildman–Crippen MR) is 63.7 cm³/mol. The monoisotopic (exact) mass is 253 g/mol. The standard InChI is InChI=1S/C10H20ClNO2S/c1-9-5-3-6-12(10(9)2)7-4-8-15(11,13)14/h9-10H,3-8H2,1-2H3. The van der Waals surface area contributed by atoms with Crippen LogP contribution < -0.4 is 0 Å². The number of nitrogens with zero attached hydrogens (tertiary/aromatic N) is 1. The Kier molecular flexibility index (Phi) is 4.87. The molecule has 1 saturated heterocycles. The maximum absolute atomic E-state index is 10.8. The molecular weight excluding hydrogens is 234 g/mol. The van der Waals surface area contributed by atoms with Crippen molar-refractivity contribution in [2.24, 2.45) is 5.92 Å². The van der Waals surface area contributed by atoms with Gasteiger partial charge in [-0.25, -0.2) is 8.42 Å². The predicted octanol–water partition coefficient (Wildman–Crippen LogP) is 2.07. The van der Waals surface area contributed by atoms with Crippen LogP contribution in [0, 0.1) is 5.92 Å². The maximum Gasteiger partial charge on any atom is 0.232 e. The van der Waals surface area contributed by atoms with E-state index < -0.39 is 9.05 Å². The zero-order valence-corrected chi connectivity index (χ0v) is 11.0. The summed E-state index contributed by atoms with van der Waals surface area (Å²) in [5.74, 6) is 0.804. The first-order chi connectivity index (χ1) is 6.90. The minimum absolute atomic E-state index is 0.0894. The molecule has 5 heteroatoms. The molecule has 0 N–H and O–H groups in total. The van der Waals surface area contributed by atoms with Crippen LogP contribution in [0.25, 0.3) is 0 Å². The molecule has 2 unspecified atom stereocenters. The largest absolute Gasteiger partial charge is 0.300 e. The van der Waals surface area contributed by atoms with Gasteiger partial charge in [-0.3, -0.25) is 0 Å². The molecule has 0 aromatic carbocycles. The summed E-state index contributed by atoms with van der Waals surface area (Å²) >= 11 is 0. The van der Waals surface area contributed by atoms with E-state index in [1.165, 1.54) is 12.8 Å². The van der Waals surface area contributed by atoms with Crippen LogP contribution in [0.4, 0.5) is 0 Å². The highest BCUT2D eigenvalue weighted by Crippen LogP contribution is 2.22. The second-order valence-corrected chi connectivity index (χ2v) is 7.39. The molecule has 0 aromatic heterocycles. The van der Waals surface area contributed by atoms with Crippen molar-refractivity contribution in [2.75, 3.05) is 18.8 Å². The highest BCUT2D eigenvalue weighted by molar-refractivity contribution is 8.13. The molecule has 15 heavy (non-hydrogen) atoms. The van der Waals surface area contributed by atoms with Crippen LogP contribution in [-0.2, 0) is 9.05 Å². The fourth-order valence-corrected chi connectivity index (χ4v) is 2.98. The van der Waals surface area contributed by atoms with E-state index in [-0.39, 0.29) is 5.75 Å². The zero-order valence-electron chi connectivity index (χ0n) is 9.45. The van der Waals surface area contributed by atoms with Crippen LogP contribution >= 0.6 is 10.7 Å². The topological polar surface area (TPSA) is 37.4 Å². The van der Waals surface area contributed by atoms with Gasteiger partial charge in [0, 0.05) is 16.7 Å². The smallest absolute Gasteiger partial charge is 0.232 e. The molecule has 1 rings (SSSR count). The summed E-state index contributed by atoms with van der Waals surface area (Å²) in [7, 11) is 1.86. The van der Waals surface area contributed by atoms with Crippen LogP contribution in [0.1, 0.15) is 33.1 Å². The van der Waals surface area contributed by atoms with Gasteiger partial charge in [-0.2, -0.15) is 0 Å². The van der Waals surface area contributed by atoms with E-state index in [2.05, 4.69) is 18.7 Å². The van der Waals surface area contributed by atoms with E-state index >= 15 is 0 Å². The Bertz CT molecular complexity index is 292. The molecule has 0 bridgehead atoms. The number of rotatable bonds is 4. The van der Waals surface area contributed by atoms with Crippen molar-refractivity contribution in [1.82, 2.24) is 4.90 Å². The lowest BCUT2D eigenvalue weighted by Crippen LogP contribution is -2.43. The van der Waals surface area contributed by atoms with Crippen LogP contribution in [-0.4, -0.2) is 38.2 Å². The van der Waals surface area contributed by atoms with Crippen LogP contribution in [0.15, 0.2) is 0 Å². The normalized spacial score (nSPS) is 29.3. The molecule has 90 valence electrons. The lowest BCUT2D eigenvalue weighted by Gasteiger charge is -2.37. The molecule has 1 aliphatic rings. The molecule has 0 aromatic rings. The summed E-state index contributed by atoms with van der Waals surface area (Å²) < 4.78 is 21.5. The van der Waals surface area contributed by atoms with Gasteiger partial charge >= 0.3 is 0 Å². The first-order valence-electron chi connectivity index (χ1n) is 5.56. The van der Waals surface area contributed by atoms with Crippen LogP contribution in [0.3, 0.4) is 0 Å². The van der Waals surface area contributed by atoms with Gasteiger partial charge < -0.3 is 4.90 Å². The fourth-order valence-electron chi connectivity index (χ4n) is 2.18. The lowest BCUT2D eigenvalue weighted by atomic mass is 9.92. The van der Waals surface area contributed by atoms with Crippen LogP contribution in [0.2, 0.25) is 0 Å². The van der Waals surface area contributed by atoms with Gasteiger partial charge in [0.05, 0.1) is 5.75 Å². The molecule has 1 aliphatic heterocycles. The number of piperidine rings is 1. The molecule has 0 radical (unpaired) electrons. The van der Waals surface area contributed by atoms with E-state index in [9.17, 15) is 8.42 Å². The molecule has 0 aliphatic carbocycles. The summed E-state index contributed by atoms with van der Waals surface area (Å²) in [5, 5.41) is 0. The number of halogens is 1. The highest BCUT2D eigenvalue weighted by atomic mass is 35.7. The minimum atomic E-state index is -3.31. The Morgan fingerprint density at radius 1 is 1.40 bits per heavy atom. The Balaban J connectivity index is 2.32. The van der Waals surface area contributed by atoms with Crippen molar-refractivity contribution in [3.05, 3.63) is 0 Å². The summed E-state index contributed by atoms with van der Waals surface area (Å²) in [6.45, 7) is 6.42. The Labute approximate surface area is 97.2 Å². The summed E-state index contributed by atoms with van der Waals surface area (Å²) in [4.78, 5) is 2.37. The first kappa shape index (κ1) is 13.3. The van der Waals surface area contributed by atoms with Gasteiger partial charge in [0.1, 0.15) is 0 Å². The molecule has 3 nitrogen and oxygen atoms in total. The van der Waals surface area contributed by atoms with Gasteiger partial charge in [-0.15, -0.1) is 0 Å². The Morgan fingerprint density at radius 2 is 2.07 bits per heavy atom. The second kappa shape index (κ2) is 5.51. The van der Waals surface area contributed by atoms with Gasteiger partial charge in [0.2, 0.25) is 9.05 Å². The molecule has 1 heterocycles. The average Bonchev–Trinajstić information content (AvgIpc) is 2.10. The number of likely N-dealkylation sites (tertiary alicyclic amines) is 1. The zero-order chi connectivity index (χ0) is 11.5. The molecule has 0 saturated carbocycles. The fraction of sp³-hybridized carbons (Fsp3) is 1.00. The van der Waals surface area contributed by atoms with Crippen molar-refractivity contribution in [2.45, 2.75) is 39.2 Å². The van der Waals surface area contributed by atoms with Gasteiger partial charge in [0.15, 0.2) is 0 Å². The summed E-state index contributed by atoms with van der Waals surface area (Å²) in [6, 6.07) is 0.566. The Morgan fingerprint density at radius 3 is 2.67 bits per heavy atom. The van der Waals surface area contributed by atoms with Gasteiger partial charge in [-0.1, -0.05) is 6.92 Å². The van der Waals surface area contributed by atoms with Crippen molar-refractivity contribution in [1.29, 1.82) is 0 Å². The van der Waals surface area contributed by atoms with Crippen LogP contribution in [0.5, 0.6) is 0 Å². The van der Waals surface area contributed by atoms with E-state index in [0.29, 0.717) is 18.4 Å². The number of hydrogen-bond acceptors (Lipinski definition) is 3. The molecular formula is C10H20ClNO2S. The molecule has 0 spiro atoms. The van der Waals surface area contributed by atoms with Gasteiger partial charge in [-0.05, 0) is 45.2 Å². The van der Waals surface area contributed by atoms with E-state index in [0.717, 1.165) is 13.1 Å². The van der Waals surface area contributed by atoms with E-state index in [1.807, 2.05) is 0 Å². The summed E-state index contributed by atoms with van der Waals surface area (Å²) in [5.41, 5.74) is 0. The van der Waals surface area contributed by atoms with Crippen molar-refractivity contribution in [3.8, 4) is 0 Å². The third kappa shape index (κ3) is 4.70. The van der Waals surface area contributed by atoms with Crippen molar-refractivity contribution < 1.29 is 8.42 Å². The average molecular weight is 254 g/mol. The van der Waals surface area contributed by atoms with E-state index in [4.69, 9.17) is 10.7 Å². The number of hydrogen-bond donors (Lipinski definition) is 0. The summed E-state index contributed by atoms with van der Waals surface area (Å²) in [6.07, 6.45) is 3.15. The van der Waals surface area contributed by atoms with Gasteiger partial charge in [0.25, 0.3) is 0 Å². The lowest BCUT2D eigenvalue weighted by molar-refractivity contribution is 0.114. The minimum Gasteiger partial charge on any atom is -0.300 e. The van der Waals surface area contributed by atoms with Crippen molar-refractivity contribution >= 4 is 19.7 Å². The van der Waals surface area contributed by atoms with Crippen molar-refractivity contribution in [3.63, 3.8) is 0 Å². The first-order valence-corrected chi connectivity index (χ1v) is 8.04. The highest BCUT2D eigenvalue weighted by Gasteiger charge is 2.24. The maximum atomic E-state index is 10.8. The third-order valence-corrected chi connectivity index (χ3v) is 4.58. The SMILES string of the molecule is CC1CCCN(CCCS(=O)(=O)Cl)C1C. The quantitative estimate of drug-likeness (QED) is 0.720. The van der Waals surface area contributed by atoms with E-state index in [1.54, 1.807) is 0 Å². The molecule has 0 amide bonds. The molecule has 2 atom stereocenters. The third-order valence-electron chi connectivity index (χ3n) is 3.34. The Hall–Kier alpha value is 0.200. The second-order valence-electron chi connectivity index (χ2n) is 4.49.